The zero-order chi connectivity index (χ0) is 17.1. The number of rotatable bonds is 3. The van der Waals surface area contributed by atoms with E-state index < -0.39 is 0 Å². The summed E-state index contributed by atoms with van der Waals surface area (Å²) in [6.07, 6.45) is 4.94. The summed E-state index contributed by atoms with van der Waals surface area (Å²) in [5, 5.41) is 2.56. The summed E-state index contributed by atoms with van der Waals surface area (Å²) in [4.78, 5) is 24.8. The van der Waals surface area contributed by atoms with Gasteiger partial charge in [-0.15, -0.1) is 0 Å². The van der Waals surface area contributed by atoms with E-state index in [-0.39, 0.29) is 5.91 Å². The van der Waals surface area contributed by atoms with E-state index in [1.54, 1.807) is 37.8 Å². The van der Waals surface area contributed by atoms with Crippen LogP contribution in [0.2, 0.25) is 0 Å². The van der Waals surface area contributed by atoms with Crippen molar-refractivity contribution in [2.24, 2.45) is 0 Å². The van der Waals surface area contributed by atoms with E-state index in [0.717, 1.165) is 22.4 Å². The fourth-order valence-corrected chi connectivity index (χ4v) is 2.39. The Hall–Kier alpha value is -3.28. The predicted molar refractivity (Wildman–Crippen MR) is 93.2 cm³/mol. The third kappa shape index (κ3) is 3.08. The number of carbonyl (C=O) groups excluding carboxylic acids is 1. The lowest BCUT2D eigenvalue weighted by molar-refractivity contribution is 0.0958. The molecule has 0 saturated carbocycles. The van der Waals surface area contributed by atoms with Crippen molar-refractivity contribution >= 4 is 11.6 Å². The van der Waals surface area contributed by atoms with Gasteiger partial charge < -0.3 is 11.1 Å². The van der Waals surface area contributed by atoms with Gasteiger partial charge in [-0.1, -0.05) is 6.07 Å². The van der Waals surface area contributed by atoms with Gasteiger partial charge in [0.15, 0.2) is 0 Å². The second kappa shape index (κ2) is 6.45. The van der Waals surface area contributed by atoms with Crippen molar-refractivity contribution in [2.45, 2.75) is 6.92 Å². The maximum Gasteiger partial charge on any atom is 0.269 e. The van der Waals surface area contributed by atoms with Crippen LogP contribution in [0.5, 0.6) is 0 Å². The van der Waals surface area contributed by atoms with Crippen molar-refractivity contribution in [1.29, 1.82) is 0 Å². The molecule has 6 heteroatoms. The van der Waals surface area contributed by atoms with Gasteiger partial charge in [0, 0.05) is 30.1 Å². The SMILES string of the molecule is CNC(=O)c1cc(-c2cncc(-c3cc(N)ccc3C)n2)ccn1. The predicted octanol–water partition coefficient (Wildman–Crippen LogP) is 2.46. The zero-order valence-electron chi connectivity index (χ0n) is 13.4. The molecule has 3 aromatic rings. The number of benzene rings is 1. The van der Waals surface area contributed by atoms with Gasteiger partial charge in [-0.2, -0.15) is 0 Å². The van der Waals surface area contributed by atoms with Crippen LogP contribution in [0.25, 0.3) is 22.5 Å². The Morgan fingerprint density at radius 2 is 1.92 bits per heavy atom. The molecule has 1 amide bonds. The summed E-state index contributed by atoms with van der Waals surface area (Å²) in [6.45, 7) is 2.00. The Kier molecular flexibility index (Phi) is 4.20. The average Bonchev–Trinajstić information content (AvgIpc) is 2.63. The molecule has 0 bridgehead atoms. The number of aryl methyl sites for hydroxylation is 1. The van der Waals surface area contributed by atoms with Crippen LogP contribution in [0.3, 0.4) is 0 Å². The number of pyridine rings is 1. The Morgan fingerprint density at radius 3 is 2.71 bits per heavy atom. The molecule has 0 unspecified atom stereocenters. The van der Waals surface area contributed by atoms with Crippen LogP contribution in [0.15, 0.2) is 48.9 Å². The zero-order valence-corrected chi connectivity index (χ0v) is 13.4. The molecule has 0 radical (unpaired) electrons. The molecule has 24 heavy (non-hydrogen) atoms. The summed E-state index contributed by atoms with van der Waals surface area (Å²) < 4.78 is 0. The minimum atomic E-state index is -0.243. The van der Waals surface area contributed by atoms with E-state index >= 15 is 0 Å². The first-order valence-electron chi connectivity index (χ1n) is 7.45. The van der Waals surface area contributed by atoms with Crippen molar-refractivity contribution in [3.05, 3.63) is 60.2 Å². The number of amides is 1. The summed E-state index contributed by atoms with van der Waals surface area (Å²) in [5.74, 6) is -0.243. The first-order valence-corrected chi connectivity index (χ1v) is 7.45. The molecule has 6 nitrogen and oxygen atoms in total. The summed E-state index contributed by atoms with van der Waals surface area (Å²) in [7, 11) is 1.57. The van der Waals surface area contributed by atoms with Gasteiger partial charge in [0.05, 0.1) is 23.8 Å². The highest BCUT2D eigenvalue weighted by Gasteiger charge is 2.10. The normalized spacial score (nSPS) is 10.4. The van der Waals surface area contributed by atoms with E-state index in [0.29, 0.717) is 17.1 Å². The largest absolute Gasteiger partial charge is 0.399 e. The quantitative estimate of drug-likeness (QED) is 0.723. The molecular formula is C18H17N5O. The molecule has 3 rings (SSSR count). The van der Waals surface area contributed by atoms with Crippen LogP contribution < -0.4 is 11.1 Å². The third-order valence-corrected chi connectivity index (χ3v) is 3.69. The topological polar surface area (TPSA) is 93.8 Å². The van der Waals surface area contributed by atoms with Crippen LogP contribution in [-0.4, -0.2) is 27.9 Å². The first kappa shape index (κ1) is 15.6. The Labute approximate surface area is 139 Å². The second-order valence-corrected chi connectivity index (χ2v) is 5.37. The molecule has 120 valence electrons. The maximum atomic E-state index is 11.7. The number of nitrogens with one attached hydrogen (secondary N) is 1. The molecule has 0 spiro atoms. The molecule has 0 saturated heterocycles. The lowest BCUT2D eigenvalue weighted by atomic mass is 10.0. The van der Waals surface area contributed by atoms with Gasteiger partial charge in [0.1, 0.15) is 5.69 Å². The first-order chi connectivity index (χ1) is 11.6. The lowest BCUT2D eigenvalue weighted by Crippen LogP contribution is -2.19. The molecule has 1 aromatic carbocycles. The third-order valence-electron chi connectivity index (χ3n) is 3.69. The number of carbonyl (C=O) groups is 1. The molecule has 3 N–H and O–H groups in total. The van der Waals surface area contributed by atoms with E-state index in [9.17, 15) is 4.79 Å². The highest BCUT2D eigenvalue weighted by Crippen LogP contribution is 2.26. The number of nitrogens with two attached hydrogens (primary N) is 1. The number of hydrogen-bond acceptors (Lipinski definition) is 5. The van der Waals surface area contributed by atoms with Gasteiger partial charge in [0.25, 0.3) is 5.91 Å². The van der Waals surface area contributed by atoms with Crippen LogP contribution in [0.1, 0.15) is 16.1 Å². The van der Waals surface area contributed by atoms with Crippen molar-refractivity contribution in [3.8, 4) is 22.5 Å². The van der Waals surface area contributed by atoms with Crippen molar-refractivity contribution in [2.75, 3.05) is 12.8 Å². The maximum absolute atomic E-state index is 11.7. The molecule has 0 aliphatic heterocycles. The molecular weight excluding hydrogens is 302 g/mol. The minimum Gasteiger partial charge on any atom is -0.399 e. The van der Waals surface area contributed by atoms with Gasteiger partial charge in [-0.3, -0.25) is 14.8 Å². The van der Waals surface area contributed by atoms with Crippen LogP contribution in [0.4, 0.5) is 5.69 Å². The fourth-order valence-electron chi connectivity index (χ4n) is 2.39. The minimum absolute atomic E-state index is 0.243. The Balaban J connectivity index is 2.05. The summed E-state index contributed by atoms with van der Waals surface area (Å²) in [5.41, 5.74) is 11.1. The number of nitrogens with zero attached hydrogens (tertiary/aromatic N) is 3. The average molecular weight is 319 g/mol. The smallest absolute Gasteiger partial charge is 0.269 e. The van der Waals surface area contributed by atoms with E-state index in [2.05, 4.69) is 20.3 Å². The van der Waals surface area contributed by atoms with E-state index in [1.807, 2.05) is 25.1 Å². The molecule has 0 aliphatic rings. The molecule has 2 heterocycles. The summed E-state index contributed by atoms with van der Waals surface area (Å²) >= 11 is 0. The number of hydrogen-bond donors (Lipinski definition) is 2. The summed E-state index contributed by atoms with van der Waals surface area (Å²) in [6, 6.07) is 9.18. The number of anilines is 1. The molecule has 0 fully saturated rings. The van der Waals surface area contributed by atoms with Gasteiger partial charge >= 0.3 is 0 Å². The van der Waals surface area contributed by atoms with Crippen LogP contribution in [0, 0.1) is 6.92 Å². The lowest BCUT2D eigenvalue weighted by Gasteiger charge is -2.08. The van der Waals surface area contributed by atoms with Crippen molar-refractivity contribution in [3.63, 3.8) is 0 Å². The Morgan fingerprint density at radius 1 is 1.12 bits per heavy atom. The van der Waals surface area contributed by atoms with Crippen LogP contribution in [-0.2, 0) is 0 Å². The number of aromatic nitrogens is 3. The highest BCUT2D eigenvalue weighted by molar-refractivity contribution is 5.93. The van der Waals surface area contributed by atoms with Crippen molar-refractivity contribution in [1.82, 2.24) is 20.3 Å². The monoisotopic (exact) mass is 319 g/mol. The molecule has 0 atom stereocenters. The second-order valence-electron chi connectivity index (χ2n) is 5.37. The van der Waals surface area contributed by atoms with Gasteiger partial charge in [-0.05, 0) is 36.8 Å². The van der Waals surface area contributed by atoms with Gasteiger partial charge in [-0.25, -0.2) is 4.98 Å². The molecule has 2 aromatic heterocycles. The molecule has 0 aliphatic carbocycles. The fraction of sp³-hybridized carbons (Fsp3) is 0.111. The van der Waals surface area contributed by atoms with E-state index in [1.165, 1.54) is 0 Å². The standard InChI is InChI=1S/C18H17N5O/c1-11-3-4-13(19)8-14(11)17-10-21-9-16(23-17)12-5-6-22-15(7-12)18(24)20-2/h3-10H,19H2,1-2H3,(H,20,24). The van der Waals surface area contributed by atoms with Crippen LogP contribution >= 0.6 is 0 Å². The number of nitrogen functional groups attached to an aromatic ring is 1. The highest BCUT2D eigenvalue weighted by atomic mass is 16.1. The van der Waals surface area contributed by atoms with E-state index in [4.69, 9.17) is 5.73 Å². The Bertz CT molecular complexity index is 907. The van der Waals surface area contributed by atoms with Crippen molar-refractivity contribution < 1.29 is 4.79 Å². The van der Waals surface area contributed by atoms with Gasteiger partial charge in [0.2, 0.25) is 0 Å².